The number of amides is 1. The Labute approximate surface area is 86.6 Å². The second kappa shape index (κ2) is 2.95. The van der Waals surface area contributed by atoms with Gasteiger partial charge in [-0.05, 0) is 6.07 Å². The number of carbonyl (C=O) groups is 1. The first-order chi connectivity index (χ1) is 7.36. The number of hydrogen-bond donors (Lipinski definition) is 1. The van der Waals surface area contributed by atoms with Crippen molar-refractivity contribution in [2.24, 2.45) is 0 Å². The minimum absolute atomic E-state index is 0.00537. The molecule has 3 rings (SSSR count). The lowest BCUT2D eigenvalue weighted by Gasteiger charge is -2.09. The first kappa shape index (κ1) is 8.23. The van der Waals surface area contributed by atoms with Gasteiger partial charge in [-0.25, -0.2) is 4.98 Å². The van der Waals surface area contributed by atoms with Crippen molar-refractivity contribution in [3.05, 3.63) is 48.5 Å². The maximum absolute atomic E-state index is 11.8. The summed E-state index contributed by atoms with van der Waals surface area (Å²) in [4.78, 5) is 15.7. The third-order valence-electron chi connectivity index (χ3n) is 2.58. The number of rotatable bonds is 1. The van der Waals surface area contributed by atoms with Gasteiger partial charge in [0, 0.05) is 23.6 Å². The van der Waals surface area contributed by atoms with Crippen LogP contribution < -0.4 is 5.32 Å². The number of nitrogens with zero attached hydrogens (tertiary/aromatic N) is 2. The van der Waals surface area contributed by atoms with Crippen LogP contribution in [0.25, 0.3) is 0 Å². The molecular weight excluding hydrogens is 190 g/mol. The van der Waals surface area contributed by atoms with Gasteiger partial charge in [-0.3, -0.25) is 4.79 Å². The molecule has 1 aliphatic rings. The van der Waals surface area contributed by atoms with E-state index in [1.807, 2.05) is 24.3 Å². The summed E-state index contributed by atoms with van der Waals surface area (Å²) >= 11 is 0. The number of para-hydroxylation sites is 1. The predicted molar refractivity (Wildman–Crippen MR) is 55.4 cm³/mol. The average molecular weight is 199 g/mol. The Morgan fingerprint density at radius 1 is 1.33 bits per heavy atom. The lowest BCUT2D eigenvalue weighted by atomic mass is 10.1. The van der Waals surface area contributed by atoms with E-state index in [1.54, 1.807) is 23.3 Å². The van der Waals surface area contributed by atoms with Crippen LogP contribution in [0.3, 0.4) is 0 Å². The van der Waals surface area contributed by atoms with E-state index in [2.05, 4.69) is 10.3 Å². The van der Waals surface area contributed by atoms with Crippen LogP contribution in [0.5, 0.6) is 0 Å². The average Bonchev–Trinajstić information content (AvgIpc) is 2.82. The number of nitrogens with one attached hydrogen (secondary N) is 1. The Kier molecular flexibility index (Phi) is 1.62. The van der Waals surface area contributed by atoms with E-state index >= 15 is 0 Å². The van der Waals surface area contributed by atoms with Crippen LogP contribution in [-0.4, -0.2) is 15.5 Å². The van der Waals surface area contributed by atoms with Gasteiger partial charge in [0.1, 0.15) is 6.04 Å². The van der Waals surface area contributed by atoms with E-state index in [-0.39, 0.29) is 11.9 Å². The van der Waals surface area contributed by atoms with Gasteiger partial charge in [-0.1, -0.05) is 18.2 Å². The Morgan fingerprint density at radius 3 is 3.00 bits per heavy atom. The second-order valence-electron chi connectivity index (χ2n) is 3.49. The SMILES string of the molecule is O=C1Nc2ccccc2C1n1ccnc1. The fourth-order valence-electron chi connectivity index (χ4n) is 1.91. The van der Waals surface area contributed by atoms with Gasteiger partial charge in [-0.2, -0.15) is 0 Å². The van der Waals surface area contributed by atoms with E-state index in [0.29, 0.717) is 0 Å². The summed E-state index contributed by atoms with van der Waals surface area (Å²) < 4.78 is 1.81. The zero-order valence-electron chi connectivity index (χ0n) is 7.92. The molecule has 0 radical (unpaired) electrons. The smallest absolute Gasteiger partial charge is 0.252 e. The molecule has 1 atom stereocenters. The third kappa shape index (κ3) is 1.15. The van der Waals surface area contributed by atoms with Crippen LogP contribution in [0.15, 0.2) is 43.0 Å². The van der Waals surface area contributed by atoms with E-state index < -0.39 is 0 Å². The molecule has 0 aliphatic carbocycles. The molecule has 15 heavy (non-hydrogen) atoms. The minimum Gasteiger partial charge on any atom is -0.324 e. The van der Waals surface area contributed by atoms with Crippen molar-refractivity contribution >= 4 is 11.6 Å². The predicted octanol–water partition coefficient (Wildman–Crippen LogP) is 1.42. The van der Waals surface area contributed by atoms with Crippen molar-refractivity contribution in [3.8, 4) is 0 Å². The highest BCUT2D eigenvalue weighted by Gasteiger charge is 2.30. The maximum atomic E-state index is 11.8. The van der Waals surface area contributed by atoms with Crippen LogP contribution in [-0.2, 0) is 4.79 Å². The molecule has 0 bridgehead atoms. The molecular formula is C11H9N3O. The monoisotopic (exact) mass is 199 g/mol. The number of fused-ring (bicyclic) bond motifs is 1. The van der Waals surface area contributed by atoms with Crippen molar-refractivity contribution in [1.29, 1.82) is 0 Å². The van der Waals surface area contributed by atoms with Gasteiger partial charge < -0.3 is 9.88 Å². The molecule has 0 saturated carbocycles. The van der Waals surface area contributed by atoms with Crippen molar-refractivity contribution < 1.29 is 4.79 Å². The minimum atomic E-state index is -0.274. The van der Waals surface area contributed by atoms with Gasteiger partial charge in [0.2, 0.25) is 0 Å². The largest absolute Gasteiger partial charge is 0.324 e. The van der Waals surface area contributed by atoms with Gasteiger partial charge in [0.25, 0.3) is 5.91 Å². The summed E-state index contributed by atoms with van der Waals surface area (Å²) in [6.07, 6.45) is 5.13. The number of benzene rings is 1. The maximum Gasteiger partial charge on any atom is 0.252 e. The highest BCUT2D eigenvalue weighted by molar-refractivity contribution is 6.02. The van der Waals surface area contributed by atoms with Crippen LogP contribution >= 0.6 is 0 Å². The number of aromatic nitrogens is 2. The fourth-order valence-corrected chi connectivity index (χ4v) is 1.91. The Balaban J connectivity index is 2.14. The van der Waals surface area contributed by atoms with Gasteiger partial charge in [0.15, 0.2) is 0 Å². The summed E-state index contributed by atoms with van der Waals surface area (Å²) in [7, 11) is 0. The number of carbonyl (C=O) groups excluding carboxylic acids is 1. The second-order valence-corrected chi connectivity index (χ2v) is 3.49. The summed E-state index contributed by atoms with van der Waals surface area (Å²) in [6, 6.07) is 7.43. The highest BCUT2D eigenvalue weighted by atomic mass is 16.2. The topological polar surface area (TPSA) is 46.9 Å². The molecule has 1 aromatic heterocycles. The van der Waals surface area contributed by atoms with E-state index in [9.17, 15) is 4.79 Å². The molecule has 4 nitrogen and oxygen atoms in total. The molecule has 0 saturated heterocycles. The molecule has 74 valence electrons. The lowest BCUT2D eigenvalue weighted by molar-refractivity contribution is -0.117. The summed E-state index contributed by atoms with van der Waals surface area (Å²) in [5.74, 6) is -0.00537. The van der Waals surface area contributed by atoms with Crippen LogP contribution in [0.4, 0.5) is 5.69 Å². The lowest BCUT2D eigenvalue weighted by Crippen LogP contribution is -2.18. The molecule has 2 aromatic rings. The number of imidazole rings is 1. The van der Waals surface area contributed by atoms with Crippen molar-refractivity contribution in [3.63, 3.8) is 0 Å². The van der Waals surface area contributed by atoms with Crippen molar-refractivity contribution in [2.45, 2.75) is 6.04 Å². The van der Waals surface area contributed by atoms with E-state index in [0.717, 1.165) is 11.3 Å². The molecule has 1 amide bonds. The highest BCUT2D eigenvalue weighted by Crippen LogP contribution is 2.32. The van der Waals surface area contributed by atoms with Crippen LogP contribution in [0, 0.1) is 0 Å². The zero-order valence-corrected chi connectivity index (χ0v) is 7.92. The Bertz CT molecular complexity index is 504. The number of hydrogen-bond acceptors (Lipinski definition) is 2. The summed E-state index contributed by atoms with van der Waals surface area (Å²) in [5, 5.41) is 2.85. The molecule has 4 heteroatoms. The van der Waals surface area contributed by atoms with Gasteiger partial charge in [-0.15, -0.1) is 0 Å². The fraction of sp³-hybridized carbons (Fsp3) is 0.0909. The van der Waals surface area contributed by atoms with Gasteiger partial charge >= 0.3 is 0 Å². The standard InChI is InChI=1S/C11H9N3O/c15-11-10(14-6-5-12-7-14)8-3-1-2-4-9(8)13-11/h1-7,10H,(H,13,15). The molecule has 1 unspecified atom stereocenters. The number of anilines is 1. The van der Waals surface area contributed by atoms with Gasteiger partial charge in [0.05, 0.1) is 6.33 Å². The van der Waals surface area contributed by atoms with Crippen LogP contribution in [0.1, 0.15) is 11.6 Å². The Hall–Kier alpha value is -2.10. The Morgan fingerprint density at radius 2 is 2.20 bits per heavy atom. The summed E-state index contributed by atoms with van der Waals surface area (Å²) in [5.41, 5.74) is 1.89. The van der Waals surface area contributed by atoms with Crippen molar-refractivity contribution in [1.82, 2.24) is 9.55 Å². The van der Waals surface area contributed by atoms with E-state index in [1.165, 1.54) is 0 Å². The molecule has 0 spiro atoms. The first-order valence-electron chi connectivity index (χ1n) is 4.73. The van der Waals surface area contributed by atoms with Crippen LogP contribution in [0.2, 0.25) is 0 Å². The molecule has 1 aromatic carbocycles. The third-order valence-corrected chi connectivity index (χ3v) is 2.58. The normalized spacial score (nSPS) is 18.7. The first-order valence-corrected chi connectivity index (χ1v) is 4.73. The van der Waals surface area contributed by atoms with E-state index in [4.69, 9.17) is 0 Å². The van der Waals surface area contributed by atoms with Crippen molar-refractivity contribution in [2.75, 3.05) is 5.32 Å². The molecule has 1 aliphatic heterocycles. The zero-order chi connectivity index (χ0) is 10.3. The molecule has 0 fully saturated rings. The summed E-state index contributed by atoms with van der Waals surface area (Å²) in [6.45, 7) is 0. The molecule has 2 heterocycles. The molecule has 1 N–H and O–H groups in total. The quantitative estimate of drug-likeness (QED) is 0.755.